The smallest absolute Gasteiger partial charge is 0.273 e. The van der Waals surface area contributed by atoms with Gasteiger partial charge in [-0.05, 0) is 25.3 Å². The van der Waals surface area contributed by atoms with Crippen molar-refractivity contribution < 1.29 is 34.3 Å². The molecule has 2 aromatic rings. The van der Waals surface area contributed by atoms with E-state index in [9.17, 15) is 34.7 Å². The first-order valence-electron chi connectivity index (χ1n) is 11.2. The third-order valence-electron chi connectivity index (χ3n) is 6.53. The number of benzene rings is 1. The molecule has 4 N–H and O–H groups in total. The highest BCUT2D eigenvalue weighted by atomic mass is 16.6. The number of carbonyl (C=O) groups is 3. The lowest BCUT2D eigenvalue weighted by molar-refractivity contribution is -0.384. The Morgan fingerprint density at radius 1 is 1.28 bits per heavy atom. The number of hydrogen-bond acceptors (Lipinski definition) is 9. The molecule has 0 radical (unpaired) electrons. The molecule has 4 rings (SSSR count). The summed E-state index contributed by atoms with van der Waals surface area (Å²) in [5.41, 5.74) is 0.426. The van der Waals surface area contributed by atoms with Crippen molar-refractivity contribution in [3.63, 3.8) is 0 Å². The van der Waals surface area contributed by atoms with Crippen LogP contribution in [0.3, 0.4) is 0 Å². The van der Waals surface area contributed by atoms with E-state index in [1.807, 2.05) is 0 Å². The molecular formula is C22H26N6O8. The zero-order chi connectivity index (χ0) is 26.2. The molecule has 0 saturated carbocycles. The molecule has 1 aromatic heterocycles. The Morgan fingerprint density at radius 2 is 1.97 bits per heavy atom. The Kier molecular flexibility index (Phi) is 6.65. The summed E-state index contributed by atoms with van der Waals surface area (Å²) in [6.45, 7) is 0.409. The van der Waals surface area contributed by atoms with Gasteiger partial charge in [0.2, 0.25) is 0 Å². The number of non-ortho nitro benzene ring substituents is 1. The van der Waals surface area contributed by atoms with Crippen LogP contribution in [0.15, 0.2) is 24.4 Å². The summed E-state index contributed by atoms with van der Waals surface area (Å²) in [7, 11) is 2.98. The van der Waals surface area contributed by atoms with E-state index >= 15 is 0 Å². The highest BCUT2D eigenvalue weighted by Gasteiger charge is 2.44. The number of aliphatic hydroxyl groups is 2. The number of methoxy groups -OCH3 is 1. The minimum atomic E-state index is -2.10. The molecule has 2 atom stereocenters. The summed E-state index contributed by atoms with van der Waals surface area (Å²) in [6.07, 6.45) is -0.919. The molecule has 192 valence electrons. The van der Waals surface area contributed by atoms with E-state index in [0.29, 0.717) is 25.0 Å². The summed E-state index contributed by atoms with van der Waals surface area (Å²) in [5.74, 6) is -2.21. The van der Waals surface area contributed by atoms with Gasteiger partial charge in [-0.1, -0.05) is 0 Å². The lowest BCUT2D eigenvalue weighted by Crippen LogP contribution is -2.61. The second kappa shape index (κ2) is 9.54. The molecule has 3 heterocycles. The van der Waals surface area contributed by atoms with Crippen molar-refractivity contribution in [2.24, 2.45) is 7.05 Å². The number of anilines is 1. The van der Waals surface area contributed by atoms with Crippen LogP contribution in [0.25, 0.3) is 0 Å². The Labute approximate surface area is 205 Å². The van der Waals surface area contributed by atoms with Crippen LogP contribution in [0.2, 0.25) is 0 Å². The normalized spacial score (nSPS) is 18.1. The van der Waals surface area contributed by atoms with Gasteiger partial charge in [0, 0.05) is 43.5 Å². The van der Waals surface area contributed by atoms with E-state index in [2.05, 4.69) is 15.7 Å². The number of piperidine rings is 1. The first-order valence-corrected chi connectivity index (χ1v) is 11.2. The lowest BCUT2D eigenvalue weighted by Gasteiger charge is -2.44. The summed E-state index contributed by atoms with van der Waals surface area (Å²) < 4.78 is 6.61. The maximum absolute atomic E-state index is 12.8. The molecule has 36 heavy (non-hydrogen) atoms. The fourth-order valence-corrected chi connectivity index (χ4v) is 4.59. The molecule has 1 saturated heterocycles. The second-order valence-electron chi connectivity index (χ2n) is 8.93. The van der Waals surface area contributed by atoms with Gasteiger partial charge >= 0.3 is 0 Å². The van der Waals surface area contributed by atoms with Crippen molar-refractivity contribution in [2.45, 2.75) is 37.0 Å². The van der Waals surface area contributed by atoms with Crippen LogP contribution in [0, 0.1) is 10.1 Å². The minimum absolute atomic E-state index is 0.0227. The third kappa shape index (κ3) is 4.72. The molecule has 0 aliphatic carbocycles. The number of nitro groups is 1. The standard InChI is InChI=1S/C22H26N6O8/c1-26-11-12-10-22(24-19(31)16(12)25-26)5-7-27(8-6-22)21(33)18(30)17(29)20(32)23-14-4-3-13(28(34)35)9-15(14)36-2/h3-4,9,11,17-18,29-30H,5-8,10H2,1-2H3,(H,23,32)(H,24,31)/t17-,18-/m0/s1. The van der Waals surface area contributed by atoms with Crippen molar-refractivity contribution >= 4 is 29.1 Å². The van der Waals surface area contributed by atoms with Gasteiger partial charge in [-0.25, -0.2) is 0 Å². The van der Waals surface area contributed by atoms with Crippen LogP contribution < -0.4 is 15.4 Å². The summed E-state index contributed by atoms with van der Waals surface area (Å²) in [6, 6.07) is 3.44. The predicted octanol–water partition coefficient (Wildman–Crippen LogP) is -0.655. The number of rotatable bonds is 6. The molecule has 2 aliphatic rings. The van der Waals surface area contributed by atoms with E-state index in [0.717, 1.165) is 17.7 Å². The highest BCUT2D eigenvalue weighted by Crippen LogP contribution is 2.32. The Bertz CT molecular complexity index is 1220. The largest absolute Gasteiger partial charge is 0.494 e. The molecule has 0 bridgehead atoms. The fourth-order valence-electron chi connectivity index (χ4n) is 4.59. The summed E-state index contributed by atoms with van der Waals surface area (Å²) in [5, 5.41) is 41.1. The van der Waals surface area contributed by atoms with Gasteiger partial charge in [-0.2, -0.15) is 5.10 Å². The molecule has 0 unspecified atom stereocenters. The zero-order valence-corrected chi connectivity index (χ0v) is 19.6. The molecular weight excluding hydrogens is 476 g/mol. The van der Waals surface area contributed by atoms with Gasteiger partial charge in [0.15, 0.2) is 17.9 Å². The molecule has 1 fully saturated rings. The monoisotopic (exact) mass is 502 g/mol. The highest BCUT2D eigenvalue weighted by molar-refractivity contribution is 5.99. The van der Waals surface area contributed by atoms with Crippen LogP contribution in [-0.4, -0.2) is 85.5 Å². The van der Waals surface area contributed by atoms with Crippen LogP contribution in [-0.2, 0) is 23.1 Å². The van der Waals surface area contributed by atoms with Crippen molar-refractivity contribution in [3.8, 4) is 5.75 Å². The average molecular weight is 502 g/mol. The fraction of sp³-hybridized carbons (Fsp3) is 0.455. The average Bonchev–Trinajstić information content (AvgIpc) is 3.23. The van der Waals surface area contributed by atoms with E-state index in [1.165, 1.54) is 18.1 Å². The molecule has 1 aromatic carbocycles. The number of aromatic nitrogens is 2. The van der Waals surface area contributed by atoms with Gasteiger partial charge in [0.25, 0.3) is 23.4 Å². The Morgan fingerprint density at radius 3 is 2.61 bits per heavy atom. The molecule has 3 amide bonds. The number of hydrogen-bond donors (Lipinski definition) is 4. The first kappa shape index (κ1) is 25.1. The summed E-state index contributed by atoms with van der Waals surface area (Å²) >= 11 is 0. The van der Waals surface area contributed by atoms with Gasteiger partial charge in [0.1, 0.15) is 5.75 Å². The number of likely N-dealkylation sites (tertiary alicyclic amines) is 1. The van der Waals surface area contributed by atoms with E-state index in [1.54, 1.807) is 17.9 Å². The Hall–Kier alpha value is -4.04. The van der Waals surface area contributed by atoms with Gasteiger partial charge in [0.05, 0.1) is 23.8 Å². The number of nitro benzene ring substituents is 1. The van der Waals surface area contributed by atoms with Crippen LogP contribution in [0.5, 0.6) is 5.75 Å². The number of nitrogens with zero attached hydrogens (tertiary/aromatic N) is 4. The van der Waals surface area contributed by atoms with E-state index in [-0.39, 0.29) is 36.1 Å². The summed E-state index contributed by atoms with van der Waals surface area (Å²) in [4.78, 5) is 49.4. The quantitative estimate of drug-likeness (QED) is 0.294. The van der Waals surface area contributed by atoms with Gasteiger partial charge in [-0.3, -0.25) is 29.2 Å². The van der Waals surface area contributed by atoms with Gasteiger partial charge < -0.3 is 30.5 Å². The molecule has 14 heteroatoms. The Balaban J connectivity index is 1.37. The predicted molar refractivity (Wildman–Crippen MR) is 123 cm³/mol. The number of aryl methyl sites for hydroxylation is 1. The maximum atomic E-state index is 12.8. The molecule has 2 aliphatic heterocycles. The minimum Gasteiger partial charge on any atom is -0.494 e. The second-order valence-corrected chi connectivity index (χ2v) is 8.93. The number of fused-ring (bicyclic) bond motifs is 1. The SMILES string of the molecule is COc1cc([N+](=O)[O-])ccc1NC(=O)[C@@H](O)[C@H](O)C(=O)N1CCC2(CC1)Cc1cn(C)nc1C(=O)N2. The zero-order valence-electron chi connectivity index (χ0n) is 19.6. The number of aliphatic hydroxyl groups excluding tert-OH is 2. The number of amides is 3. The van der Waals surface area contributed by atoms with Crippen molar-refractivity contribution in [2.75, 3.05) is 25.5 Å². The third-order valence-corrected chi connectivity index (χ3v) is 6.53. The van der Waals surface area contributed by atoms with Crippen LogP contribution in [0.1, 0.15) is 28.9 Å². The van der Waals surface area contributed by atoms with Crippen molar-refractivity contribution in [3.05, 3.63) is 45.8 Å². The topological polar surface area (TPSA) is 189 Å². The number of ether oxygens (including phenoxy) is 1. The van der Waals surface area contributed by atoms with E-state index in [4.69, 9.17) is 4.74 Å². The van der Waals surface area contributed by atoms with Gasteiger partial charge in [-0.15, -0.1) is 0 Å². The first-order chi connectivity index (χ1) is 17.0. The van der Waals surface area contributed by atoms with Crippen LogP contribution >= 0.6 is 0 Å². The molecule has 14 nitrogen and oxygen atoms in total. The number of carbonyl (C=O) groups excluding carboxylic acids is 3. The maximum Gasteiger partial charge on any atom is 0.273 e. The number of nitrogens with one attached hydrogen (secondary N) is 2. The van der Waals surface area contributed by atoms with Crippen LogP contribution in [0.4, 0.5) is 11.4 Å². The van der Waals surface area contributed by atoms with E-state index < -0.39 is 34.5 Å². The lowest BCUT2D eigenvalue weighted by atomic mass is 9.79. The molecule has 1 spiro atoms. The van der Waals surface area contributed by atoms with Crippen molar-refractivity contribution in [1.29, 1.82) is 0 Å². The van der Waals surface area contributed by atoms with Crippen molar-refractivity contribution in [1.82, 2.24) is 20.0 Å².